The first-order valence-electron chi connectivity index (χ1n) is 20.0. The van der Waals surface area contributed by atoms with E-state index < -0.39 is 85.3 Å². The molecule has 8 rings (SSSR count). The fourth-order valence-electron chi connectivity index (χ4n) is 7.31. The molecule has 0 aliphatic carbocycles. The number of benzene rings is 5. The molecule has 0 amide bonds. The van der Waals surface area contributed by atoms with Crippen LogP contribution in [0.3, 0.4) is 0 Å². The van der Waals surface area contributed by atoms with Crippen LogP contribution in [0.5, 0.6) is 0 Å². The summed E-state index contributed by atoms with van der Waals surface area (Å²) in [6, 6.07) is 38.2. The largest absolute Gasteiger partial charge is 0.459 e. The highest BCUT2D eigenvalue weighted by Gasteiger charge is 2.58. The van der Waals surface area contributed by atoms with Gasteiger partial charge in [0.05, 0.1) is 40.2 Å². The minimum atomic E-state index is -1.85. The highest BCUT2D eigenvalue weighted by Crippen LogP contribution is 2.37. The Morgan fingerprint density at radius 2 is 0.891 bits per heavy atom. The van der Waals surface area contributed by atoms with Crippen molar-refractivity contribution in [1.82, 2.24) is 4.90 Å². The van der Waals surface area contributed by atoms with Crippen LogP contribution in [0.25, 0.3) is 0 Å². The molecule has 1 fully saturated rings. The van der Waals surface area contributed by atoms with Crippen molar-refractivity contribution >= 4 is 64.6 Å². The molecule has 0 aromatic heterocycles. The molecule has 0 N–H and O–H groups in total. The van der Waals surface area contributed by atoms with Crippen LogP contribution >= 0.6 is 23.2 Å². The summed E-state index contributed by atoms with van der Waals surface area (Å²) < 4.78 is 38.1. The normalized spacial score (nSPS) is 23.6. The molecular weight excluding hydrogens is 865 g/mol. The zero-order chi connectivity index (χ0) is 44.6. The van der Waals surface area contributed by atoms with E-state index in [9.17, 15) is 24.0 Å². The Morgan fingerprint density at radius 1 is 0.516 bits per heavy atom. The van der Waals surface area contributed by atoms with E-state index in [1.807, 2.05) is 0 Å². The maximum absolute atomic E-state index is 14.4. The molecule has 16 heteroatoms. The van der Waals surface area contributed by atoms with Crippen molar-refractivity contribution in [3.8, 4) is 0 Å². The van der Waals surface area contributed by atoms with E-state index in [0.717, 1.165) is 0 Å². The number of hydrogen-bond acceptors (Lipinski definition) is 14. The molecule has 5 aromatic carbocycles. The Bertz CT molecular complexity index is 2570. The van der Waals surface area contributed by atoms with Crippen LogP contribution in [-0.4, -0.2) is 102 Å². The second-order valence-corrected chi connectivity index (χ2v) is 15.3. The Morgan fingerprint density at radius 3 is 1.33 bits per heavy atom. The van der Waals surface area contributed by atoms with E-state index in [2.05, 4.69) is 9.98 Å². The van der Waals surface area contributed by atoms with E-state index in [1.54, 1.807) is 109 Å². The Hall–Kier alpha value is -7.13. The van der Waals surface area contributed by atoms with Gasteiger partial charge in [-0.05, 0) is 66.7 Å². The zero-order valence-corrected chi connectivity index (χ0v) is 35.0. The Kier molecular flexibility index (Phi) is 13.6. The molecule has 324 valence electrons. The van der Waals surface area contributed by atoms with Crippen molar-refractivity contribution in [2.75, 3.05) is 6.61 Å². The molecule has 0 saturated carbocycles. The van der Waals surface area contributed by atoms with Crippen LogP contribution in [0.15, 0.2) is 173 Å². The number of hydrogen-bond donors (Lipinski definition) is 0. The summed E-state index contributed by atoms with van der Waals surface area (Å²) in [5, 5.41) is 0.0466. The SMILES string of the molecule is O=C(OC[C@H]1O[C@@H](N2C=NC3C(Cl)=NC(Cl)=CC32)[C@H](OC(=O)c2ccccc2)[C@H](OC(=O)c2ccccc2)[C@@H](OC(=O)c2ccccc2)[C@@H]1OC(=O)c1ccccc1)c1ccccc1. The molecule has 3 aliphatic heterocycles. The van der Waals surface area contributed by atoms with Gasteiger partial charge >= 0.3 is 29.8 Å². The van der Waals surface area contributed by atoms with Gasteiger partial charge in [-0.2, -0.15) is 0 Å². The van der Waals surface area contributed by atoms with Crippen LogP contribution < -0.4 is 0 Å². The molecule has 5 aromatic rings. The topological polar surface area (TPSA) is 169 Å². The minimum absolute atomic E-state index is 0.0120. The fourth-order valence-corrected chi connectivity index (χ4v) is 7.85. The lowest BCUT2D eigenvalue weighted by Crippen LogP contribution is -2.58. The average Bonchev–Trinajstić information content (AvgIpc) is 3.72. The van der Waals surface area contributed by atoms with Crippen molar-refractivity contribution < 1.29 is 52.4 Å². The lowest BCUT2D eigenvalue weighted by molar-refractivity contribution is -0.166. The first-order chi connectivity index (χ1) is 31.1. The number of rotatable bonds is 12. The number of carbonyl (C=O) groups is 5. The van der Waals surface area contributed by atoms with Gasteiger partial charge in [-0.15, -0.1) is 0 Å². The van der Waals surface area contributed by atoms with Crippen molar-refractivity contribution in [3.05, 3.63) is 191 Å². The number of carbonyl (C=O) groups excluding carboxylic acids is 5. The number of aliphatic imine (C=N–C) groups is 2. The molecule has 0 spiro atoms. The van der Waals surface area contributed by atoms with E-state index >= 15 is 0 Å². The van der Waals surface area contributed by atoms with Crippen molar-refractivity contribution in [2.45, 2.75) is 48.8 Å². The minimum Gasteiger partial charge on any atom is -0.459 e. The second-order valence-electron chi connectivity index (χ2n) is 14.5. The lowest BCUT2D eigenvalue weighted by Gasteiger charge is -2.39. The van der Waals surface area contributed by atoms with Crippen molar-refractivity contribution in [2.24, 2.45) is 9.98 Å². The molecular formula is C48H37Cl2N3O11. The number of ether oxygens (including phenoxy) is 6. The third-order valence-corrected chi connectivity index (χ3v) is 10.9. The van der Waals surface area contributed by atoms with Gasteiger partial charge in [-0.1, -0.05) is 114 Å². The standard InChI is InChI=1S/C48H37Cl2N3O11/c49-36-26-34-37(42(50)52-36)51-28-53(34)43-41(64-48(58)33-24-14-5-15-25-33)40(63-47(57)32-22-12-4-13-23-32)39(62-46(56)31-20-10-3-11-21-31)38(61-45(55)30-18-8-2-9-19-30)35(60-43)27-59-44(54)29-16-6-1-7-17-29/h1-26,28,34-35,37-41,43H,27H2/t34?,35-,37?,38-,39+,40-,41-,43-/m1/s1. The van der Waals surface area contributed by atoms with Gasteiger partial charge in [0.25, 0.3) is 0 Å². The number of nitrogens with zero attached hydrogens (tertiary/aromatic N) is 3. The summed E-state index contributed by atoms with van der Waals surface area (Å²) >= 11 is 13.0. The van der Waals surface area contributed by atoms with Crippen LogP contribution in [0.1, 0.15) is 51.8 Å². The third-order valence-electron chi connectivity index (χ3n) is 10.4. The van der Waals surface area contributed by atoms with Crippen molar-refractivity contribution in [1.29, 1.82) is 0 Å². The number of halogens is 2. The van der Waals surface area contributed by atoms with E-state index in [0.29, 0.717) is 0 Å². The van der Waals surface area contributed by atoms with Gasteiger partial charge in [0.2, 0.25) is 0 Å². The number of esters is 5. The van der Waals surface area contributed by atoms with Gasteiger partial charge in [0.15, 0.2) is 30.6 Å². The van der Waals surface area contributed by atoms with Gasteiger partial charge in [-0.3, -0.25) is 4.99 Å². The summed E-state index contributed by atoms with van der Waals surface area (Å²) in [5.41, 5.74) is 0.518. The van der Waals surface area contributed by atoms with Crippen molar-refractivity contribution in [3.63, 3.8) is 0 Å². The average molecular weight is 903 g/mol. The van der Waals surface area contributed by atoms with Gasteiger partial charge in [-0.25, -0.2) is 29.0 Å². The molecule has 3 heterocycles. The summed E-state index contributed by atoms with van der Waals surface area (Å²) in [4.78, 5) is 81.1. The van der Waals surface area contributed by atoms with E-state index in [4.69, 9.17) is 51.6 Å². The predicted octanol–water partition coefficient (Wildman–Crippen LogP) is 7.28. The predicted molar refractivity (Wildman–Crippen MR) is 233 cm³/mol. The number of fused-ring (bicyclic) bond motifs is 1. The third kappa shape index (κ3) is 9.89. The summed E-state index contributed by atoms with van der Waals surface area (Å²) in [7, 11) is 0. The zero-order valence-electron chi connectivity index (χ0n) is 33.5. The smallest absolute Gasteiger partial charge is 0.338 e. The second kappa shape index (κ2) is 19.9. The molecule has 0 bridgehead atoms. The maximum Gasteiger partial charge on any atom is 0.338 e. The fraction of sp³-hybridized carbons (Fsp3) is 0.188. The Balaban J connectivity index is 1.32. The van der Waals surface area contributed by atoms with Gasteiger partial charge < -0.3 is 33.3 Å². The highest BCUT2D eigenvalue weighted by atomic mass is 35.5. The molecule has 64 heavy (non-hydrogen) atoms. The molecule has 2 unspecified atom stereocenters. The summed E-state index contributed by atoms with van der Waals surface area (Å²) in [6.45, 7) is -0.646. The first kappa shape index (κ1) is 43.5. The lowest BCUT2D eigenvalue weighted by atomic mass is 9.97. The molecule has 8 atom stereocenters. The quantitative estimate of drug-likeness (QED) is 0.0698. The van der Waals surface area contributed by atoms with E-state index in [-0.39, 0.29) is 38.1 Å². The highest BCUT2D eigenvalue weighted by molar-refractivity contribution is 6.67. The van der Waals surface area contributed by atoms with Gasteiger partial charge in [0.1, 0.15) is 29.1 Å². The monoisotopic (exact) mass is 901 g/mol. The van der Waals surface area contributed by atoms with Crippen LogP contribution in [0.4, 0.5) is 0 Å². The van der Waals surface area contributed by atoms with Crippen LogP contribution in [0, 0.1) is 0 Å². The molecule has 1 saturated heterocycles. The Labute approximate surface area is 376 Å². The van der Waals surface area contributed by atoms with Gasteiger partial charge in [0, 0.05) is 0 Å². The van der Waals surface area contributed by atoms with E-state index in [1.165, 1.54) is 59.8 Å². The summed E-state index contributed by atoms with van der Waals surface area (Å²) in [5.74, 6) is -4.46. The molecule has 14 nitrogen and oxygen atoms in total. The molecule has 3 aliphatic rings. The van der Waals surface area contributed by atoms with Crippen LogP contribution in [0.2, 0.25) is 0 Å². The molecule has 0 radical (unpaired) electrons. The summed E-state index contributed by atoms with van der Waals surface area (Å²) in [6.07, 6.45) is -7.41. The maximum atomic E-state index is 14.4. The van der Waals surface area contributed by atoms with Crippen LogP contribution in [-0.2, 0) is 28.4 Å². The first-order valence-corrected chi connectivity index (χ1v) is 20.7.